The maximum atomic E-state index is 11.9. The summed E-state index contributed by atoms with van der Waals surface area (Å²) in [6, 6.07) is -0.832. The first-order valence-electron chi connectivity index (χ1n) is 7.65. The van der Waals surface area contributed by atoms with Crippen molar-refractivity contribution in [3.63, 3.8) is 0 Å². The van der Waals surface area contributed by atoms with Crippen molar-refractivity contribution in [2.75, 3.05) is 32.9 Å². The first-order valence-corrected chi connectivity index (χ1v) is 7.65. The van der Waals surface area contributed by atoms with E-state index in [4.69, 9.17) is 14.7 Å². The standard InChI is InChI=1S/C13H24BN3O8/c1-8(2)10(11(19)16-7-9(14)18)17-13(21)24-6-5-23-4-3-15-12(20)25-22/h8,10,22H,3-7,14H2,1-2H3,(H,15,20)(H,16,19)(H,17,21). The fraction of sp³-hybridized carbons (Fsp3) is 0.692. The van der Waals surface area contributed by atoms with Gasteiger partial charge >= 0.3 is 12.2 Å². The molecule has 0 aliphatic heterocycles. The monoisotopic (exact) mass is 361 g/mol. The average Bonchev–Trinajstić information content (AvgIpc) is 2.55. The van der Waals surface area contributed by atoms with Gasteiger partial charge in [0.2, 0.25) is 5.91 Å². The summed E-state index contributed by atoms with van der Waals surface area (Å²) in [5.74, 6) is -0.673. The highest BCUT2D eigenvalue weighted by atomic mass is 17.1. The Morgan fingerprint density at radius 1 is 1.04 bits per heavy atom. The highest BCUT2D eigenvalue weighted by molar-refractivity contribution is 6.58. The van der Waals surface area contributed by atoms with Gasteiger partial charge in [-0.15, -0.1) is 0 Å². The number of nitrogens with one attached hydrogen (secondary N) is 3. The van der Waals surface area contributed by atoms with Crippen LogP contribution in [0.1, 0.15) is 13.8 Å². The molecule has 1 unspecified atom stereocenters. The Balaban J connectivity index is 3.98. The van der Waals surface area contributed by atoms with Crippen molar-refractivity contribution in [3.05, 3.63) is 0 Å². The van der Waals surface area contributed by atoms with Crippen LogP contribution < -0.4 is 16.0 Å². The maximum absolute atomic E-state index is 11.9. The molecule has 1 atom stereocenters. The summed E-state index contributed by atoms with van der Waals surface area (Å²) in [5, 5.41) is 15.0. The predicted molar refractivity (Wildman–Crippen MR) is 87.6 cm³/mol. The molecule has 0 aromatic rings. The fourth-order valence-corrected chi connectivity index (χ4v) is 1.58. The second-order valence-corrected chi connectivity index (χ2v) is 5.34. The van der Waals surface area contributed by atoms with E-state index in [2.05, 4.69) is 20.8 Å². The maximum Gasteiger partial charge on any atom is 0.438 e. The lowest BCUT2D eigenvalue weighted by Crippen LogP contribution is -2.50. The second-order valence-electron chi connectivity index (χ2n) is 5.34. The molecule has 12 heteroatoms. The van der Waals surface area contributed by atoms with E-state index >= 15 is 0 Å². The van der Waals surface area contributed by atoms with Gasteiger partial charge in [-0.05, 0) is 5.92 Å². The summed E-state index contributed by atoms with van der Waals surface area (Å²) in [5.41, 5.74) is -0.197. The molecule has 0 bridgehead atoms. The van der Waals surface area contributed by atoms with Crippen LogP contribution in [0.3, 0.4) is 0 Å². The van der Waals surface area contributed by atoms with Crippen LogP contribution in [0.5, 0.6) is 0 Å². The molecule has 142 valence electrons. The van der Waals surface area contributed by atoms with E-state index in [1.807, 2.05) is 0 Å². The fourth-order valence-electron chi connectivity index (χ4n) is 1.58. The SMILES string of the molecule is BC(=O)CNC(=O)C(NC(=O)OCCOCCNC(=O)OO)C(C)C. The summed E-state index contributed by atoms with van der Waals surface area (Å²) in [7, 11) is 1.34. The quantitative estimate of drug-likeness (QED) is 0.146. The van der Waals surface area contributed by atoms with Gasteiger partial charge in [0, 0.05) is 6.54 Å². The molecule has 0 spiro atoms. The van der Waals surface area contributed by atoms with E-state index in [1.165, 1.54) is 7.85 Å². The molecule has 0 rings (SSSR count). The van der Waals surface area contributed by atoms with E-state index < -0.39 is 24.1 Å². The van der Waals surface area contributed by atoms with Crippen LogP contribution in [0.15, 0.2) is 0 Å². The molecule has 11 nitrogen and oxygen atoms in total. The number of amides is 3. The smallest absolute Gasteiger partial charge is 0.438 e. The van der Waals surface area contributed by atoms with Gasteiger partial charge in [0.05, 0.1) is 19.8 Å². The first-order chi connectivity index (χ1) is 11.8. The Kier molecular flexibility index (Phi) is 11.8. The summed E-state index contributed by atoms with van der Waals surface area (Å²) in [4.78, 5) is 48.4. The van der Waals surface area contributed by atoms with E-state index in [1.54, 1.807) is 13.8 Å². The Bertz CT molecular complexity index is 461. The van der Waals surface area contributed by atoms with Crippen LogP contribution in [-0.2, 0) is 24.0 Å². The predicted octanol–water partition coefficient (Wildman–Crippen LogP) is -1.77. The molecular weight excluding hydrogens is 337 g/mol. The van der Waals surface area contributed by atoms with Gasteiger partial charge in [0.25, 0.3) is 0 Å². The number of ether oxygens (including phenoxy) is 2. The molecule has 3 amide bonds. The van der Waals surface area contributed by atoms with Gasteiger partial charge in [-0.1, -0.05) is 13.8 Å². The third-order valence-corrected chi connectivity index (χ3v) is 2.79. The van der Waals surface area contributed by atoms with Gasteiger partial charge in [-0.3, -0.25) is 9.68 Å². The molecule has 0 fully saturated rings. The van der Waals surface area contributed by atoms with Crippen LogP contribution in [0.25, 0.3) is 0 Å². The number of carbonyl (C=O) groups is 4. The van der Waals surface area contributed by atoms with Gasteiger partial charge in [0.15, 0.2) is 7.85 Å². The molecule has 0 aliphatic rings. The lowest BCUT2D eigenvalue weighted by atomic mass is 10.0. The molecule has 25 heavy (non-hydrogen) atoms. The topological polar surface area (TPSA) is 152 Å². The Morgan fingerprint density at radius 2 is 1.72 bits per heavy atom. The van der Waals surface area contributed by atoms with Crippen molar-refractivity contribution in [2.45, 2.75) is 19.9 Å². The summed E-state index contributed by atoms with van der Waals surface area (Å²) >= 11 is 0. The Hall–Kier alpha value is -2.34. The average molecular weight is 361 g/mol. The molecular formula is C13H24BN3O8. The lowest BCUT2D eigenvalue weighted by Gasteiger charge is -2.21. The van der Waals surface area contributed by atoms with Crippen molar-refractivity contribution in [1.29, 1.82) is 0 Å². The lowest BCUT2D eigenvalue weighted by molar-refractivity contribution is -0.177. The van der Waals surface area contributed by atoms with Crippen molar-refractivity contribution >= 4 is 31.6 Å². The molecule has 0 heterocycles. The van der Waals surface area contributed by atoms with Gasteiger partial charge in [-0.2, -0.15) is 5.26 Å². The third-order valence-electron chi connectivity index (χ3n) is 2.79. The van der Waals surface area contributed by atoms with Gasteiger partial charge in [-0.25, -0.2) is 9.59 Å². The zero-order chi connectivity index (χ0) is 19.2. The van der Waals surface area contributed by atoms with Crippen LogP contribution in [-0.4, -0.2) is 75.8 Å². The van der Waals surface area contributed by atoms with Crippen LogP contribution in [0.4, 0.5) is 9.59 Å². The van der Waals surface area contributed by atoms with E-state index in [0.29, 0.717) is 0 Å². The van der Waals surface area contributed by atoms with Crippen LogP contribution >= 0.6 is 0 Å². The Morgan fingerprint density at radius 3 is 2.28 bits per heavy atom. The van der Waals surface area contributed by atoms with Crippen molar-refractivity contribution in [2.24, 2.45) is 5.92 Å². The van der Waals surface area contributed by atoms with E-state index in [0.717, 1.165) is 0 Å². The van der Waals surface area contributed by atoms with E-state index in [-0.39, 0.29) is 44.5 Å². The zero-order valence-electron chi connectivity index (χ0n) is 14.5. The molecule has 0 aromatic heterocycles. The summed E-state index contributed by atoms with van der Waals surface area (Å²) < 4.78 is 9.94. The first kappa shape index (κ1) is 22.7. The number of carbonyl (C=O) groups excluding carboxylic acids is 4. The van der Waals surface area contributed by atoms with Crippen LogP contribution in [0.2, 0.25) is 0 Å². The normalized spacial score (nSPS) is 11.4. The highest BCUT2D eigenvalue weighted by Crippen LogP contribution is 2.02. The van der Waals surface area contributed by atoms with E-state index in [9.17, 15) is 19.2 Å². The van der Waals surface area contributed by atoms with Gasteiger partial charge in [0.1, 0.15) is 18.3 Å². The molecule has 4 N–H and O–H groups in total. The van der Waals surface area contributed by atoms with Crippen LogP contribution in [0, 0.1) is 5.92 Å². The summed E-state index contributed by atoms with van der Waals surface area (Å²) in [6.45, 7) is 3.63. The number of rotatable bonds is 11. The highest BCUT2D eigenvalue weighted by Gasteiger charge is 2.24. The zero-order valence-corrected chi connectivity index (χ0v) is 14.5. The van der Waals surface area contributed by atoms with Crippen molar-refractivity contribution in [3.8, 4) is 0 Å². The minimum Gasteiger partial charge on any atom is -0.447 e. The molecule has 0 saturated carbocycles. The summed E-state index contributed by atoms with van der Waals surface area (Å²) in [6.07, 6.45) is -1.79. The molecule has 0 radical (unpaired) electrons. The minimum absolute atomic E-state index is 0.0594. The second kappa shape index (κ2) is 13.0. The Labute approximate surface area is 146 Å². The number of alkyl carbamates (subject to hydrolysis) is 1. The molecule has 0 saturated heterocycles. The number of hydrogen-bond donors (Lipinski definition) is 4. The van der Waals surface area contributed by atoms with Crippen molar-refractivity contribution < 1.29 is 38.8 Å². The minimum atomic E-state index is -0.998. The van der Waals surface area contributed by atoms with Gasteiger partial charge < -0.3 is 30.2 Å². The number of hydrogen-bond acceptors (Lipinski definition) is 8. The third kappa shape index (κ3) is 11.8. The van der Waals surface area contributed by atoms with Crippen molar-refractivity contribution in [1.82, 2.24) is 16.0 Å². The largest absolute Gasteiger partial charge is 0.447 e. The molecule has 0 aliphatic carbocycles. The molecule has 0 aromatic carbocycles.